The molecule has 0 bridgehead atoms. The molecule has 0 aromatic heterocycles. The number of sulfone groups is 1. The van der Waals surface area contributed by atoms with Gasteiger partial charge in [-0.2, -0.15) is 0 Å². The first kappa shape index (κ1) is 15.5. The Morgan fingerprint density at radius 3 is 2.18 bits per heavy atom. The predicted molar refractivity (Wildman–Crippen MR) is 84.6 cm³/mol. The monoisotopic (exact) mass is 322 g/mol. The lowest BCUT2D eigenvalue weighted by molar-refractivity contribution is 0.0909. The Morgan fingerprint density at radius 1 is 1.09 bits per heavy atom. The average Bonchev–Trinajstić information content (AvgIpc) is 3.32. The summed E-state index contributed by atoms with van der Waals surface area (Å²) < 4.78 is 22.8. The number of benzene rings is 1. The molecule has 2 aliphatic rings. The van der Waals surface area contributed by atoms with Crippen LogP contribution in [0.5, 0.6) is 0 Å². The van der Waals surface area contributed by atoms with Gasteiger partial charge in [-0.3, -0.25) is 4.79 Å². The van der Waals surface area contributed by atoms with E-state index >= 15 is 0 Å². The lowest BCUT2D eigenvalue weighted by Crippen LogP contribution is -2.45. The van der Waals surface area contributed by atoms with Gasteiger partial charge in [-0.15, -0.1) is 0 Å². The molecule has 6 heteroatoms. The molecule has 0 radical (unpaired) electrons. The lowest BCUT2D eigenvalue weighted by Gasteiger charge is -2.32. The third-order valence-corrected chi connectivity index (χ3v) is 5.60. The first-order valence-corrected chi connectivity index (χ1v) is 9.67. The highest BCUT2D eigenvalue weighted by Gasteiger charge is 2.32. The number of likely N-dealkylation sites (tertiary alicyclic amines) is 1. The second kappa shape index (κ2) is 6.01. The molecule has 1 aliphatic heterocycles. The Labute approximate surface area is 131 Å². The van der Waals surface area contributed by atoms with E-state index in [1.54, 1.807) is 12.1 Å². The Kier molecular flexibility index (Phi) is 4.23. The van der Waals surface area contributed by atoms with Crippen LogP contribution in [-0.4, -0.2) is 50.7 Å². The molecule has 3 rings (SSSR count). The Hall–Kier alpha value is -1.40. The molecule has 1 aliphatic carbocycles. The van der Waals surface area contributed by atoms with Crippen molar-refractivity contribution in [2.45, 2.75) is 42.7 Å². The molecule has 0 spiro atoms. The summed E-state index contributed by atoms with van der Waals surface area (Å²) in [4.78, 5) is 15.0. The van der Waals surface area contributed by atoms with Gasteiger partial charge in [0.05, 0.1) is 4.90 Å². The average molecular weight is 322 g/mol. The zero-order valence-electron chi connectivity index (χ0n) is 12.8. The van der Waals surface area contributed by atoms with Crippen LogP contribution in [0.15, 0.2) is 29.2 Å². The van der Waals surface area contributed by atoms with E-state index in [1.807, 2.05) is 0 Å². The third-order valence-electron chi connectivity index (χ3n) is 4.47. The summed E-state index contributed by atoms with van der Waals surface area (Å²) in [5.74, 6) is -0.120. The van der Waals surface area contributed by atoms with Gasteiger partial charge in [0.1, 0.15) is 0 Å². The molecule has 0 unspecified atom stereocenters. The maximum absolute atomic E-state index is 12.2. The van der Waals surface area contributed by atoms with Crippen molar-refractivity contribution < 1.29 is 13.2 Å². The number of carbonyl (C=O) groups is 1. The van der Waals surface area contributed by atoms with E-state index in [-0.39, 0.29) is 16.8 Å². The van der Waals surface area contributed by atoms with Crippen molar-refractivity contribution in [3.63, 3.8) is 0 Å². The zero-order chi connectivity index (χ0) is 15.7. The minimum Gasteiger partial charge on any atom is -0.349 e. The molecule has 2 fully saturated rings. The normalized spacial score (nSPS) is 20.8. The largest absolute Gasteiger partial charge is 0.349 e. The molecule has 5 nitrogen and oxygen atoms in total. The summed E-state index contributed by atoms with van der Waals surface area (Å²) in [6, 6.07) is 7.13. The SMILES string of the molecule is CS(=O)(=O)c1ccc(C(=O)NC2CCN(C3CC3)CC2)cc1. The Bertz CT molecular complexity index is 642. The van der Waals surface area contributed by atoms with Gasteiger partial charge >= 0.3 is 0 Å². The zero-order valence-corrected chi connectivity index (χ0v) is 13.6. The molecule has 1 amide bonds. The van der Waals surface area contributed by atoms with Crippen LogP contribution >= 0.6 is 0 Å². The number of rotatable bonds is 4. The van der Waals surface area contributed by atoms with Crippen molar-refractivity contribution in [2.75, 3.05) is 19.3 Å². The van der Waals surface area contributed by atoms with Crippen LogP contribution in [-0.2, 0) is 9.84 Å². The number of carbonyl (C=O) groups excluding carboxylic acids is 1. The molecule has 1 saturated heterocycles. The summed E-state index contributed by atoms with van der Waals surface area (Å²) >= 11 is 0. The van der Waals surface area contributed by atoms with Crippen LogP contribution < -0.4 is 5.32 Å². The molecule has 1 aromatic rings. The quantitative estimate of drug-likeness (QED) is 0.911. The molecule has 0 atom stereocenters. The van der Waals surface area contributed by atoms with Crippen LogP contribution in [0.1, 0.15) is 36.0 Å². The van der Waals surface area contributed by atoms with Crippen LogP contribution in [0, 0.1) is 0 Å². The van der Waals surface area contributed by atoms with E-state index < -0.39 is 9.84 Å². The molecule has 1 N–H and O–H groups in total. The van der Waals surface area contributed by atoms with Gasteiger partial charge in [0.2, 0.25) is 0 Å². The summed E-state index contributed by atoms with van der Waals surface area (Å²) in [5, 5.41) is 3.06. The molecule has 1 heterocycles. The highest BCUT2D eigenvalue weighted by molar-refractivity contribution is 7.90. The predicted octanol–water partition coefficient (Wildman–Crippen LogP) is 1.45. The summed E-state index contributed by atoms with van der Waals surface area (Å²) in [6.45, 7) is 2.12. The summed E-state index contributed by atoms with van der Waals surface area (Å²) in [6.07, 6.45) is 5.79. The number of piperidine rings is 1. The van der Waals surface area contributed by atoms with E-state index in [0.717, 1.165) is 38.2 Å². The van der Waals surface area contributed by atoms with Crippen molar-refractivity contribution in [1.82, 2.24) is 10.2 Å². The van der Waals surface area contributed by atoms with Gasteiger partial charge in [0.25, 0.3) is 5.91 Å². The fourth-order valence-electron chi connectivity index (χ4n) is 2.97. The fraction of sp³-hybridized carbons (Fsp3) is 0.562. The van der Waals surface area contributed by atoms with Crippen LogP contribution in [0.4, 0.5) is 0 Å². The van der Waals surface area contributed by atoms with Crippen molar-refractivity contribution in [1.29, 1.82) is 0 Å². The summed E-state index contributed by atoms with van der Waals surface area (Å²) in [7, 11) is -3.22. The molecule has 120 valence electrons. The van der Waals surface area contributed by atoms with Crippen molar-refractivity contribution >= 4 is 15.7 Å². The number of hydrogen-bond donors (Lipinski definition) is 1. The molecular weight excluding hydrogens is 300 g/mol. The first-order valence-electron chi connectivity index (χ1n) is 7.78. The van der Waals surface area contributed by atoms with E-state index in [2.05, 4.69) is 10.2 Å². The smallest absolute Gasteiger partial charge is 0.251 e. The van der Waals surface area contributed by atoms with Gasteiger partial charge in [-0.25, -0.2) is 8.42 Å². The number of nitrogens with zero attached hydrogens (tertiary/aromatic N) is 1. The molecule has 1 saturated carbocycles. The second-order valence-corrected chi connectivity index (χ2v) is 8.33. The van der Waals surface area contributed by atoms with Gasteiger partial charge in [-0.1, -0.05) is 0 Å². The summed E-state index contributed by atoms with van der Waals surface area (Å²) in [5.41, 5.74) is 0.511. The Balaban J connectivity index is 1.55. The standard InChI is InChI=1S/C16H22N2O3S/c1-22(20,21)15-6-2-12(3-7-15)16(19)17-13-8-10-18(11-9-13)14-4-5-14/h2-3,6-7,13-14H,4-5,8-11H2,1H3,(H,17,19). The second-order valence-electron chi connectivity index (χ2n) is 6.31. The Morgan fingerprint density at radius 2 is 1.68 bits per heavy atom. The van der Waals surface area contributed by atoms with Crippen LogP contribution in [0.25, 0.3) is 0 Å². The van der Waals surface area contributed by atoms with Gasteiger partial charge in [0.15, 0.2) is 9.84 Å². The van der Waals surface area contributed by atoms with Gasteiger partial charge < -0.3 is 10.2 Å². The van der Waals surface area contributed by atoms with E-state index in [9.17, 15) is 13.2 Å². The fourth-order valence-corrected chi connectivity index (χ4v) is 3.60. The minimum atomic E-state index is -3.22. The molecule has 22 heavy (non-hydrogen) atoms. The van der Waals surface area contributed by atoms with Crippen molar-refractivity contribution in [3.05, 3.63) is 29.8 Å². The molecule has 1 aromatic carbocycles. The molecular formula is C16H22N2O3S. The number of hydrogen-bond acceptors (Lipinski definition) is 4. The number of amides is 1. The van der Waals surface area contributed by atoms with Crippen molar-refractivity contribution in [2.24, 2.45) is 0 Å². The lowest BCUT2D eigenvalue weighted by atomic mass is 10.0. The maximum Gasteiger partial charge on any atom is 0.251 e. The minimum absolute atomic E-state index is 0.120. The number of nitrogens with one attached hydrogen (secondary N) is 1. The van der Waals surface area contributed by atoms with E-state index in [1.165, 1.54) is 25.0 Å². The van der Waals surface area contributed by atoms with E-state index in [4.69, 9.17) is 0 Å². The van der Waals surface area contributed by atoms with Crippen molar-refractivity contribution in [3.8, 4) is 0 Å². The van der Waals surface area contributed by atoms with Crippen LogP contribution in [0.3, 0.4) is 0 Å². The van der Waals surface area contributed by atoms with Gasteiger partial charge in [0, 0.05) is 37.0 Å². The maximum atomic E-state index is 12.2. The van der Waals surface area contributed by atoms with Crippen LogP contribution in [0.2, 0.25) is 0 Å². The first-order chi connectivity index (χ1) is 10.4. The highest BCUT2D eigenvalue weighted by Crippen LogP contribution is 2.29. The topological polar surface area (TPSA) is 66.5 Å². The highest BCUT2D eigenvalue weighted by atomic mass is 32.2. The van der Waals surface area contributed by atoms with Gasteiger partial charge in [-0.05, 0) is 49.9 Å². The third kappa shape index (κ3) is 3.67. The van der Waals surface area contributed by atoms with E-state index in [0.29, 0.717) is 5.56 Å².